The average Bonchev–Trinajstić information content (AvgIpc) is 3.57. The van der Waals surface area contributed by atoms with E-state index in [0.29, 0.717) is 25.5 Å². The summed E-state index contributed by atoms with van der Waals surface area (Å²) in [5.41, 5.74) is 3.21. The Labute approximate surface area is 242 Å². The van der Waals surface area contributed by atoms with E-state index in [9.17, 15) is 4.79 Å². The minimum Gasteiger partial charge on any atom is -0.374 e. The van der Waals surface area contributed by atoms with Gasteiger partial charge in [0.15, 0.2) is 6.23 Å². The molecule has 1 aliphatic heterocycles. The normalized spacial score (nSPS) is 20.5. The second kappa shape index (κ2) is 12.8. The minimum absolute atomic E-state index is 0.106. The van der Waals surface area contributed by atoms with Crippen molar-refractivity contribution in [3.05, 3.63) is 142 Å². The molecule has 0 spiro atoms. The number of nitrogens with zero attached hydrogens (tertiary/aromatic N) is 3. The molecular formula is C32H30ClN3O5. The zero-order chi connectivity index (χ0) is 28.0. The molecule has 9 heteroatoms. The summed E-state index contributed by atoms with van der Waals surface area (Å²) < 4.78 is 29.2. The third-order valence-electron chi connectivity index (χ3n) is 7.07. The predicted molar refractivity (Wildman–Crippen MR) is 155 cm³/mol. The summed E-state index contributed by atoms with van der Waals surface area (Å²) in [4.78, 5) is 16.4. The lowest BCUT2D eigenvalue weighted by atomic mass is 10.1. The van der Waals surface area contributed by atoms with Gasteiger partial charge in [-0.2, -0.15) is 4.98 Å². The van der Waals surface area contributed by atoms with Gasteiger partial charge in [-0.05, 0) is 16.7 Å². The lowest BCUT2D eigenvalue weighted by molar-refractivity contribution is -0.0913. The predicted octanol–water partition coefficient (Wildman–Crippen LogP) is 5.43. The number of hydrogen-bond acceptors (Lipinski definition) is 6. The monoisotopic (exact) mass is 571 g/mol. The molecule has 3 aromatic carbocycles. The molecule has 0 N–H and O–H groups in total. The topological polar surface area (TPSA) is 76.2 Å². The summed E-state index contributed by atoms with van der Waals surface area (Å²) in [5.74, 6) is 0. The van der Waals surface area contributed by atoms with Gasteiger partial charge in [0.2, 0.25) is 0 Å². The molecule has 0 unspecified atom stereocenters. The maximum atomic E-state index is 12.5. The van der Waals surface area contributed by atoms with Crippen molar-refractivity contribution in [1.82, 2.24) is 14.0 Å². The van der Waals surface area contributed by atoms with Crippen molar-refractivity contribution in [2.75, 3.05) is 6.61 Å². The van der Waals surface area contributed by atoms with Crippen molar-refractivity contribution in [1.29, 1.82) is 0 Å². The van der Waals surface area contributed by atoms with Crippen LogP contribution in [0.15, 0.2) is 114 Å². The summed E-state index contributed by atoms with van der Waals surface area (Å²) in [6.45, 7) is 1.46. The molecule has 0 bridgehead atoms. The summed E-state index contributed by atoms with van der Waals surface area (Å²) >= 11 is 6.18. The number of rotatable bonds is 11. The number of aromatic nitrogens is 3. The highest BCUT2D eigenvalue weighted by molar-refractivity contribution is 6.29. The van der Waals surface area contributed by atoms with E-state index < -0.39 is 30.2 Å². The Hall–Kier alpha value is -3.79. The number of halogens is 1. The molecule has 0 aliphatic carbocycles. The van der Waals surface area contributed by atoms with Gasteiger partial charge in [0.25, 0.3) is 0 Å². The van der Waals surface area contributed by atoms with Crippen molar-refractivity contribution in [2.24, 2.45) is 0 Å². The molecule has 1 saturated heterocycles. The summed E-state index contributed by atoms with van der Waals surface area (Å²) in [6, 6.07) is 31.6. The van der Waals surface area contributed by atoms with Gasteiger partial charge in [0, 0.05) is 18.5 Å². The first-order valence-electron chi connectivity index (χ1n) is 13.5. The molecule has 1 aliphatic rings. The van der Waals surface area contributed by atoms with Gasteiger partial charge in [-0.15, -0.1) is 0 Å². The Morgan fingerprint density at radius 3 is 1.93 bits per heavy atom. The molecule has 1 fully saturated rings. The van der Waals surface area contributed by atoms with Crippen LogP contribution in [-0.4, -0.2) is 38.9 Å². The zero-order valence-electron chi connectivity index (χ0n) is 22.3. The molecule has 0 amide bonds. The van der Waals surface area contributed by atoms with Gasteiger partial charge in [0.05, 0.1) is 26.4 Å². The van der Waals surface area contributed by atoms with Crippen molar-refractivity contribution >= 4 is 17.2 Å². The Morgan fingerprint density at radius 2 is 1.32 bits per heavy atom. The highest BCUT2D eigenvalue weighted by atomic mass is 35.5. The van der Waals surface area contributed by atoms with Crippen LogP contribution in [0.3, 0.4) is 0 Å². The van der Waals surface area contributed by atoms with Gasteiger partial charge in [0.1, 0.15) is 29.1 Å². The third kappa shape index (κ3) is 6.43. The molecule has 210 valence electrons. The van der Waals surface area contributed by atoms with E-state index >= 15 is 0 Å². The molecule has 3 heterocycles. The largest absolute Gasteiger partial charge is 0.374 e. The molecular weight excluding hydrogens is 542 g/mol. The molecule has 41 heavy (non-hydrogen) atoms. The van der Waals surface area contributed by atoms with Gasteiger partial charge in [-0.3, -0.25) is 4.40 Å². The maximum absolute atomic E-state index is 12.5. The smallest absolute Gasteiger partial charge is 0.354 e. The molecule has 0 radical (unpaired) electrons. The number of imidazole rings is 1. The van der Waals surface area contributed by atoms with Crippen LogP contribution in [0.5, 0.6) is 0 Å². The SMILES string of the molecule is O=c1nc(Cl)cc2n([C@@H]3O[C@H](COCc4ccccc4)[C@@H](OCc4ccccc4)[C@@H]3OCc3ccccc3)ccn12. The summed E-state index contributed by atoms with van der Waals surface area (Å²) in [7, 11) is 0. The zero-order valence-corrected chi connectivity index (χ0v) is 23.0. The molecule has 5 aromatic rings. The summed E-state index contributed by atoms with van der Waals surface area (Å²) in [5, 5.41) is 0.106. The van der Waals surface area contributed by atoms with Crippen LogP contribution in [-0.2, 0) is 38.8 Å². The van der Waals surface area contributed by atoms with Crippen LogP contribution >= 0.6 is 11.6 Å². The van der Waals surface area contributed by atoms with E-state index in [4.69, 9.17) is 30.5 Å². The van der Waals surface area contributed by atoms with Gasteiger partial charge in [-0.25, -0.2) is 4.79 Å². The highest BCUT2D eigenvalue weighted by Gasteiger charge is 2.47. The molecule has 0 saturated carbocycles. The van der Waals surface area contributed by atoms with E-state index in [-0.39, 0.29) is 11.8 Å². The average molecular weight is 572 g/mol. The second-order valence-electron chi connectivity index (χ2n) is 9.88. The highest BCUT2D eigenvalue weighted by Crippen LogP contribution is 2.36. The van der Waals surface area contributed by atoms with Crippen LogP contribution < -0.4 is 5.69 Å². The van der Waals surface area contributed by atoms with Crippen molar-refractivity contribution in [2.45, 2.75) is 44.4 Å². The van der Waals surface area contributed by atoms with Gasteiger partial charge in [-0.1, -0.05) is 103 Å². The standard InChI is InChI=1S/C32H30ClN3O5/c33-27-18-28-35(16-17-36(28)32(37)34-27)31-30(40-21-25-14-8-3-9-15-25)29(39-20-24-12-6-2-7-13-24)26(41-31)22-38-19-23-10-4-1-5-11-23/h1-18,26,29-31H,19-22H2/t26-,29-,30+,31-/m1/s1. The van der Waals surface area contributed by atoms with Crippen LogP contribution in [0.2, 0.25) is 5.15 Å². The number of hydrogen-bond donors (Lipinski definition) is 0. The van der Waals surface area contributed by atoms with Crippen LogP contribution in [0.1, 0.15) is 22.9 Å². The van der Waals surface area contributed by atoms with Crippen molar-refractivity contribution < 1.29 is 18.9 Å². The van der Waals surface area contributed by atoms with E-state index in [2.05, 4.69) is 4.98 Å². The maximum Gasteiger partial charge on any atom is 0.354 e. The summed E-state index contributed by atoms with van der Waals surface area (Å²) in [6.07, 6.45) is 1.37. The number of ether oxygens (including phenoxy) is 4. The second-order valence-corrected chi connectivity index (χ2v) is 10.3. The Morgan fingerprint density at radius 1 is 0.756 bits per heavy atom. The number of fused-ring (bicyclic) bond motifs is 1. The van der Waals surface area contributed by atoms with Crippen LogP contribution in [0.25, 0.3) is 5.65 Å². The van der Waals surface area contributed by atoms with Crippen LogP contribution in [0.4, 0.5) is 0 Å². The lowest BCUT2D eigenvalue weighted by Crippen LogP contribution is -2.38. The molecule has 6 rings (SSSR count). The molecule has 8 nitrogen and oxygen atoms in total. The van der Waals surface area contributed by atoms with E-state index in [1.54, 1.807) is 18.5 Å². The Balaban J connectivity index is 1.32. The third-order valence-corrected chi connectivity index (χ3v) is 7.26. The Bertz CT molecular complexity index is 1610. The first-order valence-corrected chi connectivity index (χ1v) is 13.9. The fourth-order valence-electron chi connectivity index (χ4n) is 5.07. The van der Waals surface area contributed by atoms with Crippen LogP contribution in [0, 0.1) is 0 Å². The van der Waals surface area contributed by atoms with E-state index in [0.717, 1.165) is 16.7 Å². The molecule has 4 atom stereocenters. The minimum atomic E-state index is -0.618. The van der Waals surface area contributed by atoms with Crippen molar-refractivity contribution in [3.8, 4) is 0 Å². The fourth-order valence-corrected chi connectivity index (χ4v) is 5.24. The Kier molecular flexibility index (Phi) is 8.55. The van der Waals surface area contributed by atoms with Crippen molar-refractivity contribution in [3.63, 3.8) is 0 Å². The first-order chi connectivity index (χ1) is 20.2. The number of benzene rings is 3. The van der Waals surface area contributed by atoms with Gasteiger partial charge < -0.3 is 23.5 Å². The van der Waals surface area contributed by atoms with Gasteiger partial charge >= 0.3 is 5.69 Å². The van der Waals surface area contributed by atoms with E-state index in [1.165, 1.54) is 4.40 Å². The molecule has 2 aromatic heterocycles. The quantitative estimate of drug-likeness (QED) is 0.197. The fraction of sp³-hybridized carbons (Fsp3) is 0.250. The first kappa shape index (κ1) is 27.4. The van der Waals surface area contributed by atoms with E-state index in [1.807, 2.05) is 95.6 Å². The lowest BCUT2D eigenvalue weighted by Gasteiger charge is -2.26.